The van der Waals surface area contributed by atoms with Crippen LogP contribution >= 0.6 is 0 Å². The number of hydrogen-bond donors (Lipinski definition) is 4. The first kappa shape index (κ1) is 30.8. The monoisotopic (exact) mass is 495 g/mol. The third-order valence-electron chi connectivity index (χ3n) is 5.90. The van der Waals surface area contributed by atoms with Gasteiger partial charge in [-0.25, -0.2) is 5.06 Å². The highest BCUT2D eigenvalue weighted by Gasteiger charge is 2.30. The minimum absolute atomic E-state index is 0.0174. The van der Waals surface area contributed by atoms with E-state index in [1.165, 1.54) is 0 Å². The molecule has 0 aromatic heterocycles. The van der Waals surface area contributed by atoms with Gasteiger partial charge in [0.1, 0.15) is 5.75 Å². The van der Waals surface area contributed by atoms with Gasteiger partial charge in [-0.1, -0.05) is 46.8 Å². The van der Waals surface area contributed by atoms with Crippen molar-refractivity contribution in [2.24, 2.45) is 23.0 Å². The van der Waals surface area contributed by atoms with Crippen LogP contribution in [0.2, 0.25) is 0 Å². The number of nitrogens with zero attached hydrogens (tertiary/aromatic N) is 1. The highest BCUT2D eigenvalue weighted by molar-refractivity contribution is 5.96. The Morgan fingerprint density at radius 2 is 1.77 bits per heavy atom. The molecule has 0 aliphatic carbocycles. The number of rotatable bonds is 15. The van der Waals surface area contributed by atoms with Crippen molar-refractivity contribution < 1.29 is 29.4 Å². The fourth-order valence-electron chi connectivity index (χ4n) is 3.51. The molecule has 3 unspecified atom stereocenters. The third-order valence-corrected chi connectivity index (χ3v) is 5.90. The molecule has 0 aliphatic rings. The predicted octanol–water partition coefficient (Wildman–Crippen LogP) is 2.84. The number of methoxy groups -OCH3 is 1. The Hall–Kier alpha value is -2.20. The molecule has 0 spiro atoms. The Kier molecular flexibility index (Phi) is 13.2. The van der Waals surface area contributed by atoms with Gasteiger partial charge in [-0.2, -0.15) is 0 Å². The number of hydroxylamine groups is 2. The second-order valence-corrected chi connectivity index (χ2v) is 10.4. The summed E-state index contributed by atoms with van der Waals surface area (Å²) in [5.74, 6) is -0.0359. The number of unbranched alkanes of at least 4 members (excludes halogenated alkanes) is 1. The number of ether oxygens (including phenoxy) is 2. The van der Waals surface area contributed by atoms with Crippen LogP contribution in [0.1, 0.15) is 64.2 Å². The van der Waals surface area contributed by atoms with Crippen LogP contribution in [-0.2, 0) is 9.53 Å². The Labute approximate surface area is 209 Å². The molecule has 1 aromatic rings. The summed E-state index contributed by atoms with van der Waals surface area (Å²) in [5.41, 5.74) is 5.89. The number of amides is 2. The summed E-state index contributed by atoms with van der Waals surface area (Å²) in [4.78, 5) is 25.1. The van der Waals surface area contributed by atoms with Gasteiger partial charge in [0.25, 0.3) is 11.8 Å². The molecule has 1 rings (SSSR count). The molecule has 0 saturated heterocycles. The van der Waals surface area contributed by atoms with Crippen LogP contribution in [0.15, 0.2) is 24.3 Å². The fraction of sp³-hybridized carbons (Fsp3) is 0.692. The third kappa shape index (κ3) is 10.9. The molecule has 9 nitrogen and oxygen atoms in total. The first-order chi connectivity index (χ1) is 16.4. The van der Waals surface area contributed by atoms with Crippen LogP contribution < -0.4 is 15.8 Å². The van der Waals surface area contributed by atoms with Crippen molar-refractivity contribution in [3.8, 4) is 5.75 Å². The van der Waals surface area contributed by atoms with E-state index in [2.05, 4.69) is 5.32 Å². The van der Waals surface area contributed by atoms with Gasteiger partial charge in [0.05, 0.1) is 24.8 Å². The topological polar surface area (TPSA) is 134 Å². The standard InChI is InChI=1S/C26H45N3O6/c1-18(2)19(15-21(27)22(30)17-29(33)25(32)26(3,4)5)16-28-24(31)20-11-7-8-12-23(20)35-14-10-9-13-34-6/h7-8,11-12,18-19,21-22,30,33H,9-10,13-17,27H2,1-6H3,(H,28,31). The van der Waals surface area contributed by atoms with Crippen LogP contribution in [0, 0.1) is 17.3 Å². The van der Waals surface area contributed by atoms with E-state index in [0.29, 0.717) is 42.6 Å². The van der Waals surface area contributed by atoms with Crippen molar-refractivity contribution in [3.63, 3.8) is 0 Å². The lowest BCUT2D eigenvalue weighted by Gasteiger charge is -2.30. The normalized spacial score (nSPS) is 14.3. The van der Waals surface area contributed by atoms with Crippen LogP contribution in [-0.4, -0.2) is 72.8 Å². The molecule has 200 valence electrons. The van der Waals surface area contributed by atoms with Gasteiger partial charge in [-0.15, -0.1) is 0 Å². The van der Waals surface area contributed by atoms with Crippen molar-refractivity contribution in [1.29, 1.82) is 0 Å². The van der Waals surface area contributed by atoms with Gasteiger partial charge >= 0.3 is 0 Å². The SMILES string of the molecule is COCCCCOc1ccccc1C(=O)NCC(CC(N)C(O)CN(O)C(=O)C(C)(C)C)C(C)C. The van der Waals surface area contributed by atoms with E-state index < -0.39 is 23.5 Å². The Morgan fingerprint density at radius 3 is 2.37 bits per heavy atom. The van der Waals surface area contributed by atoms with Crippen molar-refractivity contribution in [2.45, 2.75) is 66.0 Å². The van der Waals surface area contributed by atoms with Crippen LogP contribution in [0.5, 0.6) is 5.75 Å². The maximum atomic E-state index is 12.9. The summed E-state index contributed by atoms with van der Waals surface area (Å²) in [6.07, 6.45) is 1.02. The lowest BCUT2D eigenvalue weighted by atomic mass is 9.87. The van der Waals surface area contributed by atoms with Gasteiger partial charge in [-0.05, 0) is 43.2 Å². The van der Waals surface area contributed by atoms with Gasteiger partial charge in [-0.3, -0.25) is 14.8 Å². The maximum Gasteiger partial charge on any atom is 0.255 e. The number of aliphatic hydroxyl groups excluding tert-OH is 1. The molecule has 3 atom stereocenters. The van der Waals surface area contributed by atoms with E-state index in [1.807, 2.05) is 19.9 Å². The van der Waals surface area contributed by atoms with Crippen LogP contribution in [0.25, 0.3) is 0 Å². The molecule has 35 heavy (non-hydrogen) atoms. The maximum absolute atomic E-state index is 12.9. The number of nitrogens with one attached hydrogen (secondary N) is 1. The molecule has 0 radical (unpaired) electrons. The van der Waals surface area contributed by atoms with Crippen molar-refractivity contribution in [2.75, 3.05) is 33.4 Å². The molecule has 0 saturated carbocycles. The molecule has 2 amide bonds. The molecule has 0 aliphatic heterocycles. The minimum Gasteiger partial charge on any atom is -0.493 e. The first-order valence-electron chi connectivity index (χ1n) is 12.3. The number of hydrogen-bond acceptors (Lipinski definition) is 7. The number of carbonyl (C=O) groups excluding carboxylic acids is 2. The molecule has 0 bridgehead atoms. The zero-order valence-corrected chi connectivity index (χ0v) is 22.1. The molecule has 1 aromatic carbocycles. The lowest BCUT2D eigenvalue weighted by molar-refractivity contribution is -0.180. The summed E-state index contributed by atoms with van der Waals surface area (Å²) in [6, 6.07) is 6.44. The number of carbonyl (C=O) groups is 2. The molecule has 9 heteroatoms. The van der Waals surface area contributed by atoms with E-state index in [0.717, 1.165) is 12.8 Å². The van der Waals surface area contributed by atoms with Gasteiger partial charge in [0.15, 0.2) is 0 Å². The fourth-order valence-corrected chi connectivity index (χ4v) is 3.51. The van der Waals surface area contributed by atoms with Gasteiger partial charge in [0, 0.05) is 31.7 Å². The van der Waals surface area contributed by atoms with E-state index in [4.69, 9.17) is 15.2 Å². The minimum atomic E-state index is -1.10. The number of aliphatic hydroxyl groups is 1. The van der Waals surface area contributed by atoms with E-state index >= 15 is 0 Å². The number of nitrogens with two attached hydrogens (primary N) is 1. The molecular formula is C26H45N3O6. The highest BCUT2D eigenvalue weighted by Crippen LogP contribution is 2.21. The Balaban J connectivity index is 2.68. The molecular weight excluding hydrogens is 450 g/mol. The summed E-state index contributed by atoms with van der Waals surface area (Å²) >= 11 is 0. The average Bonchev–Trinajstić information content (AvgIpc) is 2.80. The quantitative estimate of drug-likeness (QED) is 0.167. The second-order valence-electron chi connectivity index (χ2n) is 10.4. The smallest absolute Gasteiger partial charge is 0.255 e. The van der Waals surface area contributed by atoms with Gasteiger partial charge < -0.3 is 25.6 Å². The summed E-state index contributed by atoms with van der Waals surface area (Å²) in [5, 5.41) is 24.0. The highest BCUT2D eigenvalue weighted by atomic mass is 16.5. The Morgan fingerprint density at radius 1 is 1.14 bits per heavy atom. The molecule has 5 N–H and O–H groups in total. The van der Waals surface area contributed by atoms with E-state index in [9.17, 15) is 19.9 Å². The van der Waals surface area contributed by atoms with Gasteiger partial charge in [0.2, 0.25) is 0 Å². The molecule has 0 fully saturated rings. The zero-order chi connectivity index (χ0) is 26.6. The first-order valence-corrected chi connectivity index (χ1v) is 12.3. The van der Waals surface area contributed by atoms with Crippen LogP contribution in [0.3, 0.4) is 0 Å². The molecule has 0 heterocycles. The average molecular weight is 496 g/mol. The predicted molar refractivity (Wildman–Crippen MR) is 135 cm³/mol. The van der Waals surface area contributed by atoms with E-state index in [1.54, 1.807) is 46.1 Å². The van der Waals surface area contributed by atoms with Crippen molar-refractivity contribution in [3.05, 3.63) is 29.8 Å². The number of benzene rings is 1. The zero-order valence-electron chi connectivity index (χ0n) is 22.1. The van der Waals surface area contributed by atoms with Crippen molar-refractivity contribution >= 4 is 11.8 Å². The summed E-state index contributed by atoms with van der Waals surface area (Å²) in [7, 11) is 1.66. The lowest BCUT2D eigenvalue weighted by Crippen LogP contribution is -2.48. The Bertz CT molecular complexity index is 781. The van der Waals surface area contributed by atoms with Crippen LogP contribution in [0.4, 0.5) is 0 Å². The van der Waals surface area contributed by atoms with Crippen molar-refractivity contribution in [1.82, 2.24) is 10.4 Å². The largest absolute Gasteiger partial charge is 0.493 e. The summed E-state index contributed by atoms with van der Waals surface area (Å²) in [6.45, 7) is 10.4. The number of para-hydroxylation sites is 1. The van der Waals surface area contributed by atoms with E-state index in [-0.39, 0.29) is 24.3 Å². The second kappa shape index (κ2) is 15.0. The summed E-state index contributed by atoms with van der Waals surface area (Å²) < 4.78 is 10.9.